The highest BCUT2D eigenvalue weighted by Gasteiger charge is 2.29. The quantitative estimate of drug-likeness (QED) is 0.0992. The molecule has 0 saturated heterocycles. The number of halogens is 2. The first kappa shape index (κ1) is 24.1. The molecule has 0 N–H and O–H groups in total. The van der Waals surface area contributed by atoms with E-state index in [1.54, 1.807) is 13.8 Å². The molecule has 4 nitrogen and oxygen atoms in total. The molecule has 0 radical (unpaired) electrons. The molecule has 0 aliphatic carbocycles. The summed E-state index contributed by atoms with van der Waals surface area (Å²) in [6.07, 6.45) is 0. The second-order valence-corrected chi connectivity index (χ2v) is 12.4. The van der Waals surface area contributed by atoms with Crippen LogP contribution in [0.4, 0.5) is 0 Å². The SMILES string of the molecule is CC(I)C(=O)Oc1ccc([S+](c2ccccc2)c2ccc(OC(=O)C(C)I)cc2)cc1. The Labute approximate surface area is 212 Å². The van der Waals surface area contributed by atoms with Gasteiger partial charge in [-0.15, -0.1) is 0 Å². The molecule has 3 rings (SSSR count). The third-order valence-electron chi connectivity index (χ3n) is 4.18. The molecule has 0 aliphatic rings. The summed E-state index contributed by atoms with van der Waals surface area (Å²) in [5.41, 5.74) is 0. The Morgan fingerprint density at radius 2 is 1.00 bits per heavy atom. The van der Waals surface area contributed by atoms with Gasteiger partial charge in [0.2, 0.25) is 0 Å². The van der Waals surface area contributed by atoms with E-state index in [1.165, 1.54) is 4.90 Å². The molecule has 3 aromatic rings. The van der Waals surface area contributed by atoms with E-state index in [-0.39, 0.29) is 30.7 Å². The van der Waals surface area contributed by atoms with Crippen molar-refractivity contribution in [2.75, 3.05) is 0 Å². The summed E-state index contributed by atoms with van der Waals surface area (Å²) >= 11 is 4.07. The van der Waals surface area contributed by atoms with Crippen molar-refractivity contribution >= 4 is 68.0 Å². The number of ether oxygens (including phenoxy) is 2. The molecule has 0 aromatic heterocycles. The molecule has 0 spiro atoms. The highest BCUT2D eigenvalue weighted by Crippen LogP contribution is 2.33. The monoisotopic (exact) mass is 659 g/mol. The Morgan fingerprint density at radius 3 is 1.35 bits per heavy atom. The van der Waals surface area contributed by atoms with E-state index in [2.05, 4.69) is 12.1 Å². The highest BCUT2D eigenvalue weighted by molar-refractivity contribution is 14.1. The number of alkyl halides is 2. The first-order valence-electron chi connectivity index (χ1n) is 9.56. The number of hydrogen-bond donors (Lipinski definition) is 0. The second kappa shape index (κ2) is 11.3. The van der Waals surface area contributed by atoms with Gasteiger partial charge in [-0.25, -0.2) is 0 Å². The van der Waals surface area contributed by atoms with Gasteiger partial charge < -0.3 is 9.47 Å². The van der Waals surface area contributed by atoms with E-state index in [4.69, 9.17) is 9.47 Å². The van der Waals surface area contributed by atoms with Gasteiger partial charge in [-0.3, -0.25) is 9.59 Å². The molecule has 3 aromatic carbocycles. The predicted molar refractivity (Wildman–Crippen MR) is 140 cm³/mol. The summed E-state index contributed by atoms with van der Waals surface area (Å²) < 4.78 is 10.4. The Balaban J connectivity index is 1.89. The Kier molecular flexibility index (Phi) is 8.79. The van der Waals surface area contributed by atoms with E-state index >= 15 is 0 Å². The predicted octanol–water partition coefficient (Wildman–Crippen LogP) is 6.24. The molecule has 0 aliphatic heterocycles. The van der Waals surface area contributed by atoms with Crippen molar-refractivity contribution in [1.82, 2.24) is 0 Å². The minimum absolute atomic E-state index is 0.209. The number of rotatable bonds is 7. The molecule has 0 fully saturated rings. The van der Waals surface area contributed by atoms with Crippen LogP contribution >= 0.6 is 45.2 Å². The molecule has 0 saturated carbocycles. The van der Waals surface area contributed by atoms with Crippen molar-refractivity contribution in [3.8, 4) is 11.5 Å². The smallest absolute Gasteiger partial charge is 0.323 e. The first-order chi connectivity index (χ1) is 14.8. The largest absolute Gasteiger partial charge is 0.426 e. The maximum Gasteiger partial charge on any atom is 0.323 e. The molecule has 2 unspecified atom stereocenters. The lowest BCUT2D eigenvalue weighted by Gasteiger charge is -2.10. The maximum atomic E-state index is 11.9. The van der Waals surface area contributed by atoms with Crippen molar-refractivity contribution < 1.29 is 19.1 Å². The summed E-state index contributed by atoms with van der Waals surface area (Å²) in [5.74, 6) is 0.538. The van der Waals surface area contributed by atoms with E-state index in [1.807, 2.05) is 112 Å². The zero-order chi connectivity index (χ0) is 22.4. The first-order valence-corrected chi connectivity index (χ1v) is 13.3. The standard InChI is InChI=1S/C24H21I2O4S/c1-16(25)23(27)29-18-8-12-21(13-9-18)31(20-6-4-3-5-7-20)22-14-10-19(11-15-22)30-24(28)17(2)26/h3-17H,1-2H3/q+1. The van der Waals surface area contributed by atoms with Crippen LogP contribution in [0.15, 0.2) is 93.5 Å². The van der Waals surface area contributed by atoms with Crippen molar-refractivity contribution in [3.63, 3.8) is 0 Å². The zero-order valence-electron chi connectivity index (χ0n) is 17.0. The zero-order valence-corrected chi connectivity index (χ0v) is 22.1. The number of carbonyl (C=O) groups is 2. The lowest BCUT2D eigenvalue weighted by Crippen LogP contribution is -2.17. The Morgan fingerprint density at radius 1 is 0.645 bits per heavy atom. The lowest BCUT2D eigenvalue weighted by atomic mass is 10.3. The fraction of sp³-hybridized carbons (Fsp3) is 0.167. The normalized spacial score (nSPS) is 13.7. The van der Waals surface area contributed by atoms with E-state index in [0.29, 0.717) is 11.5 Å². The average molecular weight is 659 g/mol. The van der Waals surface area contributed by atoms with Crippen LogP contribution in [-0.2, 0) is 20.5 Å². The van der Waals surface area contributed by atoms with Gasteiger partial charge in [-0.05, 0) is 74.5 Å². The van der Waals surface area contributed by atoms with Gasteiger partial charge in [-0.2, -0.15) is 0 Å². The van der Waals surface area contributed by atoms with Gasteiger partial charge in [0.1, 0.15) is 19.3 Å². The van der Waals surface area contributed by atoms with Crippen LogP contribution in [-0.4, -0.2) is 19.8 Å². The molecule has 0 amide bonds. The molecular weight excluding hydrogens is 638 g/mol. The van der Waals surface area contributed by atoms with Gasteiger partial charge >= 0.3 is 11.9 Å². The molecular formula is C24H21I2O4S+. The number of esters is 2. The molecule has 160 valence electrons. The minimum Gasteiger partial charge on any atom is -0.426 e. The van der Waals surface area contributed by atoms with Gasteiger partial charge in [0, 0.05) is 0 Å². The lowest BCUT2D eigenvalue weighted by molar-refractivity contribution is -0.134. The molecule has 31 heavy (non-hydrogen) atoms. The van der Waals surface area contributed by atoms with Crippen molar-refractivity contribution in [2.24, 2.45) is 0 Å². The Bertz CT molecular complexity index is 954. The van der Waals surface area contributed by atoms with Gasteiger partial charge in [0.05, 0.1) is 10.9 Å². The molecule has 2 atom stereocenters. The molecule has 7 heteroatoms. The third kappa shape index (κ3) is 6.69. The number of hydrogen-bond acceptors (Lipinski definition) is 4. The van der Waals surface area contributed by atoms with Gasteiger partial charge in [0.15, 0.2) is 14.7 Å². The number of benzene rings is 3. The van der Waals surface area contributed by atoms with Crippen LogP contribution in [0.25, 0.3) is 0 Å². The maximum absolute atomic E-state index is 11.9. The van der Waals surface area contributed by atoms with Crippen LogP contribution in [0, 0.1) is 0 Å². The fourth-order valence-corrected chi connectivity index (χ4v) is 4.96. The van der Waals surface area contributed by atoms with Gasteiger partial charge in [0.25, 0.3) is 0 Å². The van der Waals surface area contributed by atoms with Crippen molar-refractivity contribution in [3.05, 3.63) is 78.9 Å². The topological polar surface area (TPSA) is 52.6 Å². The van der Waals surface area contributed by atoms with Crippen molar-refractivity contribution in [2.45, 2.75) is 36.4 Å². The number of carbonyl (C=O) groups excluding carboxylic acids is 2. The minimum atomic E-state index is -0.358. The van der Waals surface area contributed by atoms with Crippen LogP contribution in [0.1, 0.15) is 13.8 Å². The summed E-state index contributed by atoms with van der Waals surface area (Å²) in [7, 11) is -0.358. The summed E-state index contributed by atoms with van der Waals surface area (Å²) in [4.78, 5) is 27.1. The molecule has 0 heterocycles. The second-order valence-electron chi connectivity index (χ2n) is 6.64. The van der Waals surface area contributed by atoms with Crippen LogP contribution < -0.4 is 9.47 Å². The van der Waals surface area contributed by atoms with E-state index < -0.39 is 0 Å². The van der Waals surface area contributed by atoms with Crippen LogP contribution in [0.2, 0.25) is 0 Å². The Hall–Kier alpha value is -1.59. The van der Waals surface area contributed by atoms with Gasteiger partial charge in [-0.1, -0.05) is 63.4 Å². The van der Waals surface area contributed by atoms with Crippen LogP contribution in [0.3, 0.4) is 0 Å². The van der Waals surface area contributed by atoms with Crippen molar-refractivity contribution in [1.29, 1.82) is 0 Å². The third-order valence-corrected chi connectivity index (χ3v) is 7.43. The summed E-state index contributed by atoms with van der Waals surface area (Å²) in [6.45, 7) is 3.59. The fourth-order valence-electron chi connectivity index (χ4n) is 2.65. The molecule has 0 bridgehead atoms. The highest BCUT2D eigenvalue weighted by atomic mass is 127. The average Bonchev–Trinajstić information content (AvgIpc) is 2.77. The summed E-state index contributed by atoms with van der Waals surface area (Å²) in [6, 6.07) is 25.5. The van der Waals surface area contributed by atoms with E-state index in [9.17, 15) is 9.59 Å². The summed E-state index contributed by atoms with van der Waals surface area (Å²) in [5, 5.41) is 0. The van der Waals surface area contributed by atoms with Crippen LogP contribution in [0.5, 0.6) is 11.5 Å². The van der Waals surface area contributed by atoms with E-state index in [0.717, 1.165) is 9.79 Å².